The molecule has 0 aliphatic carbocycles. The number of thioether (sulfide) groups is 1. The standard InChI is InChI=1S/C14H12N2O4S/c1-21-11-6-4-10(5-7-11)13(17)9-15-8-2-3-12(14(15)18)16(19)20/h2-8H,9H2,1H3. The molecule has 21 heavy (non-hydrogen) atoms. The van der Waals surface area contributed by atoms with Crippen LogP contribution in [0.1, 0.15) is 10.4 Å². The number of nitrogens with zero attached hydrogens (tertiary/aromatic N) is 2. The van der Waals surface area contributed by atoms with Gasteiger partial charge in [0.25, 0.3) is 0 Å². The number of hydrogen-bond donors (Lipinski definition) is 0. The summed E-state index contributed by atoms with van der Waals surface area (Å²) in [7, 11) is 0. The second-order valence-electron chi connectivity index (χ2n) is 4.24. The fourth-order valence-electron chi connectivity index (χ4n) is 1.81. The number of pyridine rings is 1. The molecule has 0 spiro atoms. The van der Waals surface area contributed by atoms with Gasteiger partial charge < -0.3 is 4.57 Å². The van der Waals surface area contributed by atoms with Crippen molar-refractivity contribution >= 4 is 23.2 Å². The summed E-state index contributed by atoms with van der Waals surface area (Å²) in [6.45, 7) is -0.223. The first-order chi connectivity index (χ1) is 10.0. The number of aromatic nitrogens is 1. The highest BCUT2D eigenvalue weighted by Gasteiger charge is 2.15. The number of nitro groups is 1. The lowest BCUT2D eigenvalue weighted by molar-refractivity contribution is -0.386. The molecule has 0 aliphatic heterocycles. The molecule has 0 saturated carbocycles. The number of carbonyl (C=O) groups excluding carboxylic acids is 1. The van der Waals surface area contributed by atoms with Crippen molar-refractivity contribution in [3.63, 3.8) is 0 Å². The number of Topliss-reactive ketones (excluding diaryl/α,β-unsaturated/α-hetero) is 1. The van der Waals surface area contributed by atoms with Crippen molar-refractivity contribution in [1.29, 1.82) is 0 Å². The summed E-state index contributed by atoms with van der Waals surface area (Å²) in [6.07, 6.45) is 3.29. The summed E-state index contributed by atoms with van der Waals surface area (Å²) in [5, 5.41) is 10.7. The lowest BCUT2D eigenvalue weighted by atomic mass is 10.1. The molecule has 0 bridgehead atoms. The van der Waals surface area contributed by atoms with Gasteiger partial charge in [0.1, 0.15) is 0 Å². The molecule has 1 heterocycles. The van der Waals surface area contributed by atoms with Gasteiger partial charge in [0.2, 0.25) is 0 Å². The molecule has 0 atom stereocenters. The van der Waals surface area contributed by atoms with Gasteiger partial charge in [-0.3, -0.25) is 19.7 Å². The molecule has 0 unspecified atom stereocenters. The molecule has 0 N–H and O–H groups in total. The van der Waals surface area contributed by atoms with Crippen molar-refractivity contribution in [2.75, 3.05) is 6.26 Å². The Morgan fingerprint density at radius 1 is 1.29 bits per heavy atom. The molecule has 0 aliphatic rings. The fourth-order valence-corrected chi connectivity index (χ4v) is 2.22. The monoisotopic (exact) mass is 304 g/mol. The molecule has 1 aromatic carbocycles. The molecule has 0 radical (unpaired) electrons. The Labute approximate surface area is 124 Å². The Morgan fingerprint density at radius 3 is 2.52 bits per heavy atom. The molecule has 0 amide bonds. The van der Waals surface area contributed by atoms with Crippen molar-refractivity contribution < 1.29 is 9.72 Å². The number of hydrogen-bond acceptors (Lipinski definition) is 5. The van der Waals surface area contributed by atoms with Crippen LogP contribution < -0.4 is 5.56 Å². The largest absolute Gasteiger partial charge is 0.334 e. The van der Waals surface area contributed by atoms with Gasteiger partial charge in [-0.2, -0.15) is 0 Å². The van der Waals surface area contributed by atoms with Gasteiger partial charge in [-0.1, -0.05) is 12.1 Å². The number of ketones is 1. The highest BCUT2D eigenvalue weighted by molar-refractivity contribution is 7.98. The molecule has 2 aromatic rings. The van der Waals surface area contributed by atoms with Crippen LogP contribution in [-0.4, -0.2) is 21.5 Å². The van der Waals surface area contributed by atoms with E-state index in [0.29, 0.717) is 5.56 Å². The first-order valence-electron chi connectivity index (χ1n) is 6.04. The normalized spacial score (nSPS) is 10.3. The van der Waals surface area contributed by atoms with E-state index in [0.717, 1.165) is 15.5 Å². The molecule has 0 fully saturated rings. The second kappa shape index (κ2) is 6.36. The van der Waals surface area contributed by atoms with Gasteiger partial charge in [0, 0.05) is 22.7 Å². The second-order valence-corrected chi connectivity index (χ2v) is 5.11. The minimum Gasteiger partial charge on any atom is -0.302 e. The van der Waals surface area contributed by atoms with Crippen molar-refractivity contribution in [3.05, 3.63) is 68.6 Å². The van der Waals surface area contributed by atoms with Crippen molar-refractivity contribution in [2.24, 2.45) is 0 Å². The van der Waals surface area contributed by atoms with E-state index in [2.05, 4.69) is 0 Å². The Kier molecular flexibility index (Phi) is 4.54. The zero-order chi connectivity index (χ0) is 15.4. The van der Waals surface area contributed by atoms with Crippen molar-refractivity contribution in [1.82, 2.24) is 4.57 Å². The van der Waals surface area contributed by atoms with Crippen LogP contribution in [0.25, 0.3) is 0 Å². The highest BCUT2D eigenvalue weighted by atomic mass is 32.2. The van der Waals surface area contributed by atoms with Gasteiger partial charge in [0.15, 0.2) is 5.78 Å². The van der Waals surface area contributed by atoms with E-state index >= 15 is 0 Å². The van der Waals surface area contributed by atoms with E-state index < -0.39 is 16.2 Å². The van der Waals surface area contributed by atoms with E-state index in [9.17, 15) is 19.7 Å². The minimum absolute atomic E-state index is 0.223. The average Bonchev–Trinajstić information content (AvgIpc) is 2.49. The lowest BCUT2D eigenvalue weighted by Gasteiger charge is -2.05. The summed E-state index contributed by atoms with van der Waals surface area (Å²) in [4.78, 5) is 34.9. The summed E-state index contributed by atoms with van der Waals surface area (Å²) < 4.78 is 1.04. The van der Waals surface area contributed by atoms with E-state index in [1.54, 1.807) is 23.9 Å². The van der Waals surface area contributed by atoms with Crippen LogP contribution in [0.3, 0.4) is 0 Å². The third kappa shape index (κ3) is 3.38. The maximum absolute atomic E-state index is 12.1. The molecular weight excluding hydrogens is 292 g/mol. The van der Waals surface area contributed by atoms with Crippen LogP contribution >= 0.6 is 11.8 Å². The van der Waals surface area contributed by atoms with Crippen LogP contribution in [0.4, 0.5) is 5.69 Å². The van der Waals surface area contributed by atoms with E-state index in [-0.39, 0.29) is 12.3 Å². The van der Waals surface area contributed by atoms with Gasteiger partial charge in [-0.15, -0.1) is 11.8 Å². The van der Waals surface area contributed by atoms with E-state index in [1.807, 2.05) is 18.4 Å². The van der Waals surface area contributed by atoms with Crippen LogP contribution in [0.2, 0.25) is 0 Å². The Morgan fingerprint density at radius 2 is 1.95 bits per heavy atom. The molecule has 0 saturated heterocycles. The molecule has 7 heteroatoms. The fraction of sp³-hybridized carbons (Fsp3) is 0.143. The predicted molar refractivity (Wildman–Crippen MR) is 79.9 cm³/mol. The zero-order valence-electron chi connectivity index (χ0n) is 11.2. The number of carbonyl (C=O) groups is 1. The first kappa shape index (κ1) is 15.0. The Hall–Kier alpha value is -2.41. The van der Waals surface area contributed by atoms with Gasteiger partial charge in [0.05, 0.1) is 11.5 Å². The summed E-state index contributed by atoms with van der Waals surface area (Å²) >= 11 is 1.56. The Bertz CT molecular complexity index is 737. The molecule has 2 rings (SSSR count). The van der Waals surface area contributed by atoms with Crippen LogP contribution in [0, 0.1) is 10.1 Å². The van der Waals surface area contributed by atoms with Crippen molar-refractivity contribution in [3.8, 4) is 0 Å². The average molecular weight is 304 g/mol. The van der Waals surface area contributed by atoms with Crippen molar-refractivity contribution in [2.45, 2.75) is 11.4 Å². The molecule has 108 valence electrons. The number of rotatable bonds is 5. The maximum atomic E-state index is 12.1. The third-order valence-corrected chi connectivity index (χ3v) is 3.67. The first-order valence-corrected chi connectivity index (χ1v) is 7.26. The van der Waals surface area contributed by atoms with Crippen LogP contribution in [0.5, 0.6) is 0 Å². The lowest BCUT2D eigenvalue weighted by Crippen LogP contribution is -2.25. The maximum Gasteiger partial charge on any atom is 0.334 e. The van der Waals surface area contributed by atoms with Gasteiger partial charge >= 0.3 is 11.2 Å². The SMILES string of the molecule is CSc1ccc(C(=O)Cn2cccc([N+](=O)[O-])c2=O)cc1. The molecule has 1 aromatic heterocycles. The quantitative estimate of drug-likeness (QED) is 0.366. The third-order valence-electron chi connectivity index (χ3n) is 2.92. The number of benzene rings is 1. The van der Waals surface area contributed by atoms with Gasteiger partial charge in [-0.25, -0.2) is 0 Å². The highest BCUT2D eigenvalue weighted by Crippen LogP contribution is 2.15. The summed E-state index contributed by atoms with van der Waals surface area (Å²) in [6, 6.07) is 9.48. The predicted octanol–water partition coefficient (Wildman–Crippen LogP) is 2.36. The molecule has 6 nitrogen and oxygen atoms in total. The van der Waals surface area contributed by atoms with E-state index in [4.69, 9.17) is 0 Å². The van der Waals surface area contributed by atoms with E-state index in [1.165, 1.54) is 12.3 Å². The van der Waals surface area contributed by atoms with Crippen LogP contribution in [0.15, 0.2) is 52.3 Å². The van der Waals surface area contributed by atoms with Gasteiger partial charge in [-0.05, 0) is 24.5 Å². The minimum atomic E-state index is -0.781. The zero-order valence-corrected chi connectivity index (χ0v) is 12.0. The summed E-state index contributed by atoms with van der Waals surface area (Å²) in [5.74, 6) is -0.273. The smallest absolute Gasteiger partial charge is 0.302 e. The summed E-state index contributed by atoms with van der Waals surface area (Å²) in [5.41, 5.74) is -0.856. The molecular formula is C14H12N2O4S. The topological polar surface area (TPSA) is 82.2 Å². The van der Waals surface area contributed by atoms with Crippen LogP contribution in [-0.2, 0) is 6.54 Å². The Balaban J connectivity index is 2.25.